The maximum atomic E-state index is 11.9. The zero-order chi connectivity index (χ0) is 25.1. The number of ether oxygens (including phenoxy) is 2. The van der Waals surface area contributed by atoms with Crippen LogP contribution in [0.3, 0.4) is 0 Å². The fourth-order valence-electron chi connectivity index (χ4n) is 3.00. The smallest absolute Gasteiger partial charge is 0.222 e. The van der Waals surface area contributed by atoms with E-state index in [-0.39, 0.29) is 68.4 Å². The number of rotatable bonds is 19. The highest BCUT2D eigenvalue weighted by atomic mass is 16.5. The topological polar surface area (TPSA) is 106 Å². The molecule has 0 saturated heterocycles. The minimum Gasteiger partial charge on any atom is -0.379 e. The molecule has 194 valence electrons. The second kappa shape index (κ2) is 18.7. The van der Waals surface area contributed by atoms with Crippen molar-refractivity contribution in [1.82, 2.24) is 16.0 Å². The molecule has 1 atom stereocenters. The summed E-state index contributed by atoms with van der Waals surface area (Å²) in [6.07, 6.45) is 5.01. The monoisotopic (exact) mass is 471 g/mol. The normalized spacial score (nSPS) is 12.5. The Hall–Kier alpha value is -1.67. The van der Waals surface area contributed by atoms with E-state index in [0.29, 0.717) is 25.4 Å². The second-order valence-corrected chi connectivity index (χ2v) is 10.2. The predicted octanol–water partition coefficient (Wildman–Crippen LogP) is 3.19. The molecule has 0 aliphatic rings. The minimum absolute atomic E-state index is 0.0299. The average Bonchev–Trinajstić information content (AvgIpc) is 2.73. The predicted molar refractivity (Wildman–Crippen MR) is 132 cm³/mol. The number of nitrogens with one attached hydrogen (secondary N) is 3. The summed E-state index contributed by atoms with van der Waals surface area (Å²) in [5.74, 6) is 0.480. The van der Waals surface area contributed by atoms with Crippen LogP contribution in [0.25, 0.3) is 0 Å². The SMILES string of the molecule is CCC(=O)NC(COCCC(=O)NCCCC(C)C)COCCC(=O)NCCCC(C)(C)C. The number of amides is 3. The molecule has 3 amide bonds. The van der Waals surface area contributed by atoms with E-state index in [9.17, 15) is 14.4 Å². The van der Waals surface area contributed by atoms with Crippen molar-refractivity contribution in [2.75, 3.05) is 39.5 Å². The van der Waals surface area contributed by atoms with Crippen LogP contribution in [0.2, 0.25) is 0 Å². The van der Waals surface area contributed by atoms with Gasteiger partial charge in [0.2, 0.25) is 17.7 Å². The molecule has 33 heavy (non-hydrogen) atoms. The summed E-state index contributed by atoms with van der Waals surface area (Å²) in [4.78, 5) is 35.5. The average molecular weight is 472 g/mol. The fraction of sp³-hybridized carbons (Fsp3) is 0.880. The van der Waals surface area contributed by atoms with Crippen molar-refractivity contribution in [3.8, 4) is 0 Å². The van der Waals surface area contributed by atoms with E-state index in [4.69, 9.17) is 9.47 Å². The lowest BCUT2D eigenvalue weighted by Crippen LogP contribution is -2.41. The molecule has 0 heterocycles. The lowest BCUT2D eigenvalue weighted by atomic mass is 9.91. The van der Waals surface area contributed by atoms with Crippen LogP contribution in [-0.4, -0.2) is 63.3 Å². The van der Waals surface area contributed by atoms with Gasteiger partial charge in [-0.15, -0.1) is 0 Å². The van der Waals surface area contributed by atoms with Gasteiger partial charge in [0, 0.05) is 32.4 Å². The molecular formula is C25H49N3O5. The molecule has 0 aromatic rings. The third-order valence-corrected chi connectivity index (χ3v) is 4.98. The quantitative estimate of drug-likeness (QED) is 0.251. The van der Waals surface area contributed by atoms with Gasteiger partial charge in [0.25, 0.3) is 0 Å². The van der Waals surface area contributed by atoms with Crippen molar-refractivity contribution in [1.29, 1.82) is 0 Å². The van der Waals surface area contributed by atoms with Crippen molar-refractivity contribution >= 4 is 17.7 Å². The molecule has 0 aromatic carbocycles. The van der Waals surface area contributed by atoms with Gasteiger partial charge in [0.1, 0.15) is 0 Å². The Morgan fingerprint density at radius 1 is 0.818 bits per heavy atom. The van der Waals surface area contributed by atoms with Crippen LogP contribution in [0.4, 0.5) is 0 Å². The zero-order valence-corrected chi connectivity index (χ0v) is 21.9. The van der Waals surface area contributed by atoms with E-state index in [1.54, 1.807) is 6.92 Å². The molecule has 0 aliphatic carbocycles. The molecule has 1 unspecified atom stereocenters. The van der Waals surface area contributed by atoms with E-state index in [1.165, 1.54) is 0 Å². The van der Waals surface area contributed by atoms with Gasteiger partial charge in [-0.05, 0) is 37.0 Å². The number of carbonyl (C=O) groups is 3. The van der Waals surface area contributed by atoms with Crippen molar-refractivity contribution in [3.05, 3.63) is 0 Å². The first-order valence-corrected chi connectivity index (χ1v) is 12.5. The highest BCUT2D eigenvalue weighted by Gasteiger charge is 2.13. The third-order valence-electron chi connectivity index (χ3n) is 4.98. The van der Waals surface area contributed by atoms with E-state index < -0.39 is 0 Å². The standard InChI is InChI=1S/C25H49N3O5/c1-7-22(29)28-21(18-32-16-11-23(30)26-14-8-10-20(2)3)19-33-17-12-24(31)27-15-9-13-25(4,5)6/h20-21H,7-19H2,1-6H3,(H,26,30)(H,27,31)(H,28,29). The Morgan fingerprint density at radius 2 is 1.33 bits per heavy atom. The van der Waals surface area contributed by atoms with Crippen molar-refractivity contribution in [2.45, 2.75) is 92.5 Å². The summed E-state index contributed by atoms with van der Waals surface area (Å²) < 4.78 is 11.2. The van der Waals surface area contributed by atoms with E-state index in [1.807, 2.05) is 0 Å². The van der Waals surface area contributed by atoms with Crippen LogP contribution in [-0.2, 0) is 23.9 Å². The zero-order valence-electron chi connectivity index (χ0n) is 21.9. The largest absolute Gasteiger partial charge is 0.379 e. The van der Waals surface area contributed by atoms with Crippen LogP contribution in [0.1, 0.15) is 86.5 Å². The maximum Gasteiger partial charge on any atom is 0.222 e. The van der Waals surface area contributed by atoms with Crippen molar-refractivity contribution < 1.29 is 23.9 Å². The van der Waals surface area contributed by atoms with Gasteiger partial charge in [-0.25, -0.2) is 0 Å². The van der Waals surface area contributed by atoms with Gasteiger partial charge in [0.05, 0.1) is 32.5 Å². The van der Waals surface area contributed by atoms with Gasteiger partial charge >= 0.3 is 0 Å². The molecule has 0 saturated carbocycles. The molecule has 8 nitrogen and oxygen atoms in total. The molecular weight excluding hydrogens is 422 g/mol. The van der Waals surface area contributed by atoms with Gasteiger partial charge in [-0.2, -0.15) is 0 Å². The molecule has 0 aliphatic heterocycles. The van der Waals surface area contributed by atoms with Crippen molar-refractivity contribution in [3.63, 3.8) is 0 Å². The van der Waals surface area contributed by atoms with Gasteiger partial charge in [-0.1, -0.05) is 41.5 Å². The van der Waals surface area contributed by atoms with Crippen LogP contribution in [0, 0.1) is 11.3 Å². The summed E-state index contributed by atoms with van der Waals surface area (Å²) in [7, 11) is 0. The first kappa shape index (κ1) is 31.3. The Balaban J connectivity index is 4.03. The Bertz CT molecular complexity index is 547. The summed E-state index contributed by atoms with van der Waals surface area (Å²) >= 11 is 0. The molecule has 0 spiro atoms. The molecule has 0 bridgehead atoms. The Morgan fingerprint density at radius 3 is 1.79 bits per heavy atom. The summed E-state index contributed by atoms with van der Waals surface area (Å²) in [5.41, 5.74) is 0.269. The van der Waals surface area contributed by atoms with Crippen LogP contribution < -0.4 is 16.0 Å². The number of hydrogen-bond donors (Lipinski definition) is 3. The summed E-state index contributed by atoms with van der Waals surface area (Å²) in [6.45, 7) is 15.1. The molecule has 8 heteroatoms. The van der Waals surface area contributed by atoms with Crippen LogP contribution >= 0.6 is 0 Å². The van der Waals surface area contributed by atoms with Crippen LogP contribution in [0.5, 0.6) is 0 Å². The van der Waals surface area contributed by atoms with E-state index >= 15 is 0 Å². The van der Waals surface area contributed by atoms with Gasteiger partial charge in [0.15, 0.2) is 0 Å². The summed E-state index contributed by atoms with van der Waals surface area (Å²) in [5, 5.41) is 8.66. The summed E-state index contributed by atoms with van der Waals surface area (Å²) in [6, 6.07) is -0.318. The number of hydrogen-bond acceptors (Lipinski definition) is 5. The first-order chi connectivity index (χ1) is 15.5. The molecule has 0 rings (SSSR count). The minimum atomic E-state index is -0.318. The highest BCUT2D eigenvalue weighted by Crippen LogP contribution is 2.19. The first-order valence-electron chi connectivity index (χ1n) is 12.5. The Labute approximate surface area is 201 Å². The maximum absolute atomic E-state index is 11.9. The molecule has 3 N–H and O–H groups in total. The van der Waals surface area contributed by atoms with Gasteiger partial charge < -0.3 is 25.4 Å². The number of carbonyl (C=O) groups excluding carboxylic acids is 3. The highest BCUT2D eigenvalue weighted by molar-refractivity contribution is 5.76. The second-order valence-electron chi connectivity index (χ2n) is 10.2. The van der Waals surface area contributed by atoms with Crippen molar-refractivity contribution in [2.24, 2.45) is 11.3 Å². The van der Waals surface area contributed by atoms with Crippen LogP contribution in [0.15, 0.2) is 0 Å². The molecule has 0 radical (unpaired) electrons. The Kier molecular flexibility index (Phi) is 17.8. The van der Waals surface area contributed by atoms with E-state index in [2.05, 4.69) is 50.6 Å². The molecule has 0 aromatic heterocycles. The fourth-order valence-corrected chi connectivity index (χ4v) is 3.00. The van der Waals surface area contributed by atoms with Gasteiger partial charge in [-0.3, -0.25) is 14.4 Å². The van der Waals surface area contributed by atoms with E-state index in [0.717, 1.165) is 25.7 Å². The lowest BCUT2D eigenvalue weighted by molar-refractivity contribution is -0.125. The third kappa shape index (κ3) is 21.9. The lowest BCUT2D eigenvalue weighted by Gasteiger charge is -2.19. The molecule has 0 fully saturated rings.